The van der Waals surface area contributed by atoms with E-state index < -0.39 is 0 Å². The Balaban J connectivity index is 1.98. The summed E-state index contributed by atoms with van der Waals surface area (Å²) in [4.78, 5) is 23.2. The molecule has 0 spiro atoms. The molecular formula is C20H23ClN4O. The predicted octanol–water partition coefficient (Wildman–Crippen LogP) is 3.76. The number of amides is 1. The summed E-state index contributed by atoms with van der Waals surface area (Å²) in [7, 11) is 1.86. The second-order valence-corrected chi connectivity index (χ2v) is 7.22. The van der Waals surface area contributed by atoms with Gasteiger partial charge in [-0.3, -0.25) is 9.79 Å². The van der Waals surface area contributed by atoms with E-state index in [4.69, 9.17) is 11.6 Å². The normalized spacial score (nSPS) is 20.1. The van der Waals surface area contributed by atoms with E-state index in [1.165, 1.54) is 0 Å². The van der Waals surface area contributed by atoms with Crippen molar-refractivity contribution in [3.8, 4) is 0 Å². The first-order valence-electron chi connectivity index (χ1n) is 8.69. The van der Waals surface area contributed by atoms with Gasteiger partial charge in [0.1, 0.15) is 0 Å². The molecule has 6 heteroatoms. The van der Waals surface area contributed by atoms with Gasteiger partial charge in [-0.1, -0.05) is 23.7 Å². The standard InChI is InChI=1S/C20H23ClN4O/c1-12-10-17(15-6-5-7-16(21)11-15)24-19(25(12)4)18(22-3)20(26)23-13(2)14-8-9-14/h5-7,10-11,13-14H,3,8-9H2,1-2,4H3,(H,23,26)/b19-18-/t13-/m0/s1. The number of carbonyl (C=O) groups is 1. The summed E-state index contributed by atoms with van der Waals surface area (Å²) < 4.78 is 0. The first-order chi connectivity index (χ1) is 12.4. The summed E-state index contributed by atoms with van der Waals surface area (Å²) in [5.41, 5.74) is 2.81. The molecular weight excluding hydrogens is 348 g/mol. The van der Waals surface area contributed by atoms with Crippen LogP contribution in [0.2, 0.25) is 5.02 Å². The Kier molecular flexibility index (Phi) is 5.28. The highest BCUT2D eigenvalue weighted by Crippen LogP contribution is 2.32. The van der Waals surface area contributed by atoms with Gasteiger partial charge >= 0.3 is 0 Å². The van der Waals surface area contributed by atoms with Crippen molar-refractivity contribution in [3.05, 3.63) is 58.1 Å². The van der Waals surface area contributed by atoms with Crippen molar-refractivity contribution in [2.45, 2.75) is 32.7 Å². The fourth-order valence-electron chi connectivity index (χ4n) is 2.92. The lowest BCUT2D eigenvalue weighted by molar-refractivity contribution is -0.118. The van der Waals surface area contributed by atoms with Crippen LogP contribution >= 0.6 is 11.6 Å². The summed E-state index contributed by atoms with van der Waals surface area (Å²) in [6.07, 6.45) is 4.28. The van der Waals surface area contributed by atoms with Crippen molar-refractivity contribution in [3.63, 3.8) is 0 Å². The minimum atomic E-state index is -0.245. The average molecular weight is 371 g/mol. The van der Waals surface area contributed by atoms with Gasteiger partial charge in [0, 0.05) is 29.4 Å². The van der Waals surface area contributed by atoms with Gasteiger partial charge < -0.3 is 10.2 Å². The monoisotopic (exact) mass is 370 g/mol. The SMILES string of the molecule is C=N/C(C(=O)N[C@@H](C)C1CC1)=C1/N=C(c2cccc(Cl)c2)C=C(C)N1C. The molecule has 136 valence electrons. The number of hydrogen-bond donors (Lipinski definition) is 1. The molecule has 1 heterocycles. The second kappa shape index (κ2) is 7.46. The van der Waals surface area contributed by atoms with E-state index >= 15 is 0 Å². The fourth-order valence-corrected chi connectivity index (χ4v) is 3.11. The first kappa shape index (κ1) is 18.4. The van der Waals surface area contributed by atoms with Crippen LogP contribution in [0, 0.1) is 5.92 Å². The lowest BCUT2D eigenvalue weighted by atomic mass is 10.1. The molecule has 1 aromatic carbocycles. The van der Waals surface area contributed by atoms with Crippen LogP contribution in [0.4, 0.5) is 0 Å². The molecule has 0 aromatic heterocycles. The van der Waals surface area contributed by atoms with Gasteiger partial charge in [0.05, 0.1) is 5.71 Å². The number of hydrogen-bond acceptors (Lipinski definition) is 4. The van der Waals surface area contributed by atoms with Crippen LogP contribution in [-0.4, -0.2) is 36.3 Å². The number of aliphatic imine (C=N–C) groups is 2. The minimum absolute atomic E-state index is 0.127. The van der Waals surface area contributed by atoms with E-state index in [1.807, 2.05) is 56.1 Å². The van der Waals surface area contributed by atoms with E-state index in [2.05, 4.69) is 22.0 Å². The Morgan fingerprint density at radius 3 is 2.81 bits per heavy atom. The van der Waals surface area contributed by atoms with Crippen LogP contribution in [0.1, 0.15) is 32.3 Å². The third-order valence-corrected chi connectivity index (χ3v) is 5.05. The third-order valence-electron chi connectivity index (χ3n) is 4.81. The van der Waals surface area contributed by atoms with E-state index in [0.717, 1.165) is 29.8 Å². The van der Waals surface area contributed by atoms with E-state index in [-0.39, 0.29) is 17.6 Å². The first-order valence-corrected chi connectivity index (χ1v) is 9.07. The fraction of sp³-hybridized carbons (Fsp3) is 0.350. The molecule has 1 aliphatic heterocycles. The molecule has 3 rings (SSSR count). The zero-order valence-corrected chi connectivity index (χ0v) is 16.0. The Bertz CT molecular complexity index is 836. The zero-order valence-electron chi connectivity index (χ0n) is 15.3. The number of halogens is 1. The van der Waals surface area contributed by atoms with Crippen molar-refractivity contribution in [1.29, 1.82) is 0 Å². The summed E-state index contributed by atoms with van der Waals surface area (Å²) >= 11 is 6.11. The maximum Gasteiger partial charge on any atom is 0.273 e. The quantitative estimate of drug-likeness (QED) is 0.633. The Hall–Kier alpha value is -2.40. The van der Waals surface area contributed by atoms with Crippen LogP contribution in [0.3, 0.4) is 0 Å². The molecule has 0 bridgehead atoms. The lowest BCUT2D eigenvalue weighted by Gasteiger charge is -2.26. The maximum absolute atomic E-state index is 12.7. The van der Waals surface area contributed by atoms with Crippen LogP contribution in [0.15, 0.2) is 57.5 Å². The Morgan fingerprint density at radius 1 is 1.46 bits per heavy atom. The number of benzene rings is 1. The highest BCUT2D eigenvalue weighted by Gasteiger charge is 2.30. The average Bonchev–Trinajstić information content (AvgIpc) is 3.44. The lowest BCUT2D eigenvalue weighted by Crippen LogP contribution is -2.36. The van der Waals surface area contributed by atoms with E-state index in [0.29, 0.717) is 16.8 Å². The molecule has 1 aromatic rings. The molecule has 5 nitrogen and oxygen atoms in total. The molecule has 1 aliphatic carbocycles. The topological polar surface area (TPSA) is 57.1 Å². The summed E-state index contributed by atoms with van der Waals surface area (Å²) in [5.74, 6) is 0.798. The van der Waals surface area contributed by atoms with Crippen LogP contribution < -0.4 is 5.32 Å². The van der Waals surface area contributed by atoms with Gasteiger partial charge in [0.15, 0.2) is 11.5 Å². The van der Waals surface area contributed by atoms with Gasteiger partial charge in [-0.2, -0.15) is 0 Å². The molecule has 0 unspecified atom stereocenters. The minimum Gasteiger partial charge on any atom is -0.348 e. The molecule has 1 saturated carbocycles. The molecule has 2 aliphatic rings. The Morgan fingerprint density at radius 2 is 2.19 bits per heavy atom. The van der Waals surface area contributed by atoms with Gasteiger partial charge in [-0.15, -0.1) is 0 Å². The Labute approximate surface area is 159 Å². The van der Waals surface area contributed by atoms with Crippen molar-refractivity contribution in [2.24, 2.45) is 15.9 Å². The van der Waals surface area contributed by atoms with Crippen molar-refractivity contribution in [1.82, 2.24) is 10.2 Å². The van der Waals surface area contributed by atoms with Crippen molar-refractivity contribution in [2.75, 3.05) is 7.05 Å². The van der Waals surface area contributed by atoms with Gasteiger partial charge in [0.2, 0.25) is 0 Å². The summed E-state index contributed by atoms with van der Waals surface area (Å²) in [5, 5.41) is 3.66. The number of nitrogens with zero attached hydrogens (tertiary/aromatic N) is 3. The van der Waals surface area contributed by atoms with Crippen LogP contribution in [-0.2, 0) is 4.79 Å². The van der Waals surface area contributed by atoms with Crippen LogP contribution in [0.25, 0.3) is 0 Å². The summed E-state index contributed by atoms with van der Waals surface area (Å²) in [6, 6.07) is 7.61. The van der Waals surface area contributed by atoms with E-state index in [1.54, 1.807) is 0 Å². The van der Waals surface area contributed by atoms with Gasteiger partial charge in [0.25, 0.3) is 5.91 Å². The number of nitrogens with one attached hydrogen (secondary N) is 1. The van der Waals surface area contributed by atoms with Gasteiger partial charge in [-0.05, 0) is 57.5 Å². The predicted molar refractivity (Wildman–Crippen MR) is 106 cm³/mol. The third kappa shape index (κ3) is 3.88. The molecule has 1 N–H and O–H groups in total. The molecule has 26 heavy (non-hydrogen) atoms. The molecule has 0 radical (unpaired) electrons. The van der Waals surface area contributed by atoms with Gasteiger partial charge in [-0.25, -0.2) is 4.99 Å². The van der Waals surface area contributed by atoms with Crippen molar-refractivity contribution < 1.29 is 4.79 Å². The highest BCUT2D eigenvalue weighted by atomic mass is 35.5. The molecule has 1 fully saturated rings. The summed E-state index contributed by atoms with van der Waals surface area (Å²) in [6.45, 7) is 7.58. The largest absolute Gasteiger partial charge is 0.348 e. The highest BCUT2D eigenvalue weighted by molar-refractivity contribution is 6.31. The van der Waals surface area contributed by atoms with Crippen molar-refractivity contribution >= 4 is 29.9 Å². The smallest absolute Gasteiger partial charge is 0.273 e. The molecule has 1 atom stereocenters. The van der Waals surface area contributed by atoms with Crippen LogP contribution in [0.5, 0.6) is 0 Å². The molecule has 1 amide bonds. The number of allylic oxidation sites excluding steroid dienone is 2. The zero-order chi connectivity index (χ0) is 18.8. The second-order valence-electron chi connectivity index (χ2n) is 6.78. The van der Waals surface area contributed by atoms with E-state index in [9.17, 15) is 4.79 Å². The molecule has 0 saturated heterocycles. The maximum atomic E-state index is 12.7. The number of rotatable bonds is 5. The number of carbonyl (C=O) groups excluding carboxylic acids is 1.